The summed E-state index contributed by atoms with van der Waals surface area (Å²) in [5, 5.41) is 0. The Bertz CT molecular complexity index is 955. The summed E-state index contributed by atoms with van der Waals surface area (Å²) in [5.41, 5.74) is 3.27. The number of carbonyl (C=O) groups excluding carboxylic acids is 1. The lowest BCUT2D eigenvalue weighted by molar-refractivity contribution is -0.116. The summed E-state index contributed by atoms with van der Waals surface area (Å²) in [6.45, 7) is 5.50. The van der Waals surface area contributed by atoms with Crippen molar-refractivity contribution >= 4 is 43.2 Å². The number of rotatable bonds is 4. The van der Waals surface area contributed by atoms with Gasteiger partial charge in [0.15, 0.2) is 0 Å². The molecule has 7 heteroatoms. The van der Waals surface area contributed by atoms with E-state index in [-0.39, 0.29) is 16.8 Å². The van der Waals surface area contributed by atoms with E-state index in [1.54, 1.807) is 29.2 Å². The molecule has 0 aliphatic carbocycles. The van der Waals surface area contributed by atoms with Crippen molar-refractivity contribution in [1.82, 2.24) is 0 Å². The van der Waals surface area contributed by atoms with Crippen LogP contribution in [0.25, 0.3) is 0 Å². The number of fused-ring (bicyclic) bond motifs is 1. The lowest BCUT2D eigenvalue weighted by Gasteiger charge is -2.21. The molecule has 0 bridgehead atoms. The lowest BCUT2D eigenvalue weighted by Crippen LogP contribution is -2.33. The zero-order valence-electron chi connectivity index (χ0n) is 14.9. The van der Waals surface area contributed by atoms with Crippen LogP contribution in [0.4, 0.5) is 11.4 Å². The molecule has 2 aromatic carbocycles. The molecule has 0 saturated carbocycles. The van der Waals surface area contributed by atoms with E-state index >= 15 is 0 Å². The molecule has 26 heavy (non-hydrogen) atoms. The first-order valence-electron chi connectivity index (χ1n) is 8.47. The van der Waals surface area contributed by atoms with E-state index in [2.05, 4.69) is 20.7 Å². The third kappa shape index (κ3) is 3.50. The lowest BCUT2D eigenvalue weighted by atomic mass is 10.1. The van der Waals surface area contributed by atoms with Gasteiger partial charge in [-0.1, -0.05) is 19.1 Å². The summed E-state index contributed by atoms with van der Waals surface area (Å²) in [4.78, 5) is 13.7. The molecule has 1 aliphatic heterocycles. The number of nitrogens with one attached hydrogen (secondary N) is 1. The fourth-order valence-electron chi connectivity index (χ4n) is 3.32. The molecule has 1 aliphatic rings. The van der Waals surface area contributed by atoms with Crippen LogP contribution in [0.5, 0.6) is 0 Å². The van der Waals surface area contributed by atoms with Gasteiger partial charge in [0, 0.05) is 28.8 Å². The predicted molar refractivity (Wildman–Crippen MR) is 107 cm³/mol. The van der Waals surface area contributed by atoms with E-state index in [0.717, 1.165) is 17.5 Å². The van der Waals surface area contributed by atoms with Gasteiger partial charge in [0.25, 0.3) is 10.0 Å². The summed E-state index contributed by atoms with van der Waals surface area (Å²) in [5.74, 6) is -0.0926. The molecule has 5 nitrogen and oxygen atoms in total. The second kappa shape index (κ2) is 7.04. The van der Waals surface area contributed by atoms with E-state index in [1.807, 2.05) is 26.0 Å². The first-order chi connectivity index (χ1) is 12.2. The van der Waals surface area contributed by atoms with Crippen molar-refractivity contribution in [3.63, 3.8) is 0 Å². The van der Waals surface area contributed by atoms with Gasteiger partial charge in [-0.2, -0.15) is 0 Å². The van der Waals surface area contributed by atoms with Crippen LogP contribution >= 0.6 is 15.9 Å². The number of halogens is 1. The Morgan fingerprint density at radius 3 is 2.50 bits per heavy atom. The maximum Gasteiger partial charge on any atom is 0.263 e. The highest BCUT2D eigenvalue weighted by atomic mass is 79.9. The molecule has 0 unspecified atom stereocenters. The van der Waals surface area contributed by atoms with Gasteiger partial charge in [-0.15, -0.1) is 0 Å². The van der Waals surface area contributed by atoms with Crippen molar-refractivity contribution < 1.29 is 13.2 Å². The first kappa shape index (κ1) is 18.9. The number of hydrogen-bond acceptors (Lipinski definition) is 3. The second-order valence-corrected chi connectivity index (χ2v) is 9.01. The van der Waals surface area contributed by atoms with Crippen molar-refractivity contribution in [3.05, 3.63) is 52.0 Å². The highest BCUT2D eigenvalue weighted by Crippen LogP contribution is 2.38. The monoisotopic (exact) mass is 436 g/mol. The van der Waals surface area contributed by atoms with Gasteiger partial charge in [0.1, 0.15) is 4.90 Å². The number of carbonyl (C=O) groups is 1. The topological polar surface area (TPSA) is 66.5 Å². The molecular formula is C19H21BrN2O3S. The van der Waals surface area contributed by atoms with Gasteiger partial charge in [0.05, 0.1) is 0 Å². The number of anilines is 2. The quantitative estimate of drug-likeness (QED) is 0.783. The minimum absolute atomic E-state index is 0.0156. The average Bonchev–Trinajstić information content (AvgIpc) is 2.89. The van der Waals surface area contributed by atoms with Crippen LogP contribution in [-0.4, -0.2) is 20.4 Å². The van der Waals surface area contributed by atoms with Gasteiger partial charge in [-0.3, -0.25) is 9.52 Å². The summed E-state index contributed by atoms with van der Waals surface area (Å²) in [6, 6.07) is 10.7. The highest BCUT2D eigenvalue weighted by molar-refractivity contribution is 9.10. The van der Waals surface area contributed by atoms with E-state index in [0.29, 0.717) is 22.3 Å². The Hall–Kier alpha value is -1.86. The number of amides is 1. The Kier molecular flexibility index (Phi) is 5.12. The minimum atomic E-state index is -3.79. The van der Waals surface area contributed by atoms with E-state index in [1.165, 1.54) is 6.92 Å². The Morgan fingerprint density at radius 2 is 1.92 bits per heavy atom. The molecule has 0 spiro atoms. The second-order valence-electron chi connectivity index (χ2n) is 6.51. The number of hydrogen-bond donors (Lipinski definition) is 1. The van der Waals surface area contributed by atoms with Crippen LogP contribution in [0, 0.1) is 0 Å². The summed E-state index contributed by atoms with van der Waals surface area (Å²) in [6.07, 6.45) is 1.60. The van der Waals surface area contributed by atoms with Gasteiger partial charge < -0.3 is 4.90 Å². The van der Waals surface area contributed by atoms with Crippen molar-refractivity contribution in [2.45, 2.75) is 44.6 Å². The Balaban J connectivity index is 1.99. The molecule has 2 aromatic rings. The maximum absolute atomic E-state index is 12.9. The Labute approximate surface area is 162 Å². The summed E-state index contributed by atoms with van der Waals surface area (Å²) in [7, 11) is -3.79. The number of aryl methyl sites for hydroxylation is 1. The van der Waals surface area contributed by atoms with Crippen molar-refractivity contribution in [1.29, 1.82) is 0 Å². The molecule has 1 amide bonds. The third-order valence-corrected chi connectivity index (χ3v) is 6.93. The molecule has 0 saturated heterocycles. The van der Waals surface area contributed by atoms with Crippen LogP contribution in [0.15, 0.2) is 45.8 Å². The van der Waals surface area contributed by atoms with Crippen molar-refractivity contribution in [2.75, 3.05) is 9.62 Å². The van der Waals surface area contributed by atoms with Crippen LogP contribution in [0.3, 0.4) is 0 Å². The minimum Gasteiger partial charge on any atom is -0.309 e. The Morgan fingerprint density at radius 1 is 1.27 bits per heavy atom. The van der Waals surface area contributed by atoms with Crippen LogP contribution in [0.1, 0.15) is 31.9 Å². The van der Waals surface area contributed by atoms with Crippen molar-refractivity contribution in [2.24, 2.45) is 0 Å². The van der Waals surface area contributed by atoms with Gasteiger partial charge in [0.2, 0.25) is 5.91 Å². The smallest absolute Gasteiger partial charge is 0.263 e. The highest BCUT2D eigenvalue weighted by Gasteiger charge is 2.32. The van der Waals surface area contributed by atoms with Crippen molar-refractivity contribution in [3.8, 4) is 0 Å². The largest absolute Gasteiger partial charge is 0.309 e. The normalized spacial score (nSPS) is 16.5. The molecule has 3 rings (SSSR count). The summed E-state index contributed by atoms with van der Waals surface area (Å²) < 4.78 is 28.9. The average molecular weight is 437 g/mol. The standard InChI is InChI=1S/C19H21BrN2O3S/c1-4-14-5-7-16(8-6-14)21-26(24,25)19-11-18-15(10-17(19)20)9-12(2)22(18)13(3)23/h5-8,10-12,21H,4,9H2,1-3H3/t12-/m1/s1. The molecule has 1 heterocycles. The molecular weight excluding hydrogens is 416 g/mol. The molecule has 1 N–H and O–H groups in total. The van der Waals surface area contributed by atoms with Gasteiger partial charge >= 0.3 is 0 Å². The molecule has 1 atom stereocenters. The molecule has 138 valence electrons. The van der Waals surface area contributed by atoms with E-state index in [9.17, 15) is 13.2 Å². The third-order valence-electron chi connectivity index (χ3n) is 4.59. The van der Waals surface area contributed by atoms with E-state index < -0.39 is 10.0 Å². The number of nitrogens with zero attached hydrogens (tertiary/aromatic N) is 1. The van der Waals surface area contributed by atoms with Crippen LogP contribution in [-0.2, 0) is 27.7 Å². The molecule has 0 radical (unpaired) electrons. The summed E-state index contributed by atoms with van der Waals surface area (Å²) >= 11 is 3.38. The number of sulfonamides is 1. The maximum atomic E-state index is 12.9. The SMILES string of the molecule is CCc1ccc(NS(=O)(=O)c2cc3c(cc2Br)C[C@@H](C)N3C(C)=O)cc1. The fraction of sp³-hybridized carbons (Fsp3) is 0.316. The zero-order chi connectivity index (χ0) is 19.1. The van der Waals surface area contributed by atoms with Gasteiger partial charge in [-0.05, 0) is 71.1 Å². The first-order valence-corrected chi connectivity index (χ1v) is 10.7. The molecule has 0 aromatic heterocycles. The zero-order valence-corrected chi connectivity index (χ0v) is 17.3. The van der Waals surface area contributed by atoms with Crippen LogP contribution in [0.2, 0.25) is 0 Å². The van der Waals surface area contributed by atoms with Gasteiger partial charge in [-0.25, -0.2) is 8.42 Å². The van der Waals surface area contributed by atoms with E-state index in [4.69, 9.17) is 0 Å². The number of benzene rings is 2. The predicted octanol–water partition coefficient (Wildman–Crippen LogP) is 4.11. The fourth-order valence-corrected chi connectivity index (χ4v) is 5.49. The molecule has 0 fully saturated rings. The van der Waals surface area contributed by atoms with Crippen LogP contribution < -0.4 is 9.62 Å².